The van der Waals surface area contributed by atoms with E-state index < -0.39 is 0 Å². The fraction of sp³-hybridized carbons (Fsp3) is 0.143. The molecule has 0 spiro atoms. The van der Waals surface area contributed by atoms with Crippen LogP contribution in [-0.4, -0.2) is 19.0 Å². The minimum absolute atomic E-state index is 0.131. The van der Waals surface area contributed by atoms with Crippen molar-refractivity contribution in [1.29, 1.82) is 0 Å². The van der Waals surface area contributed by atoms with Crippen molar-refractivity contribution < 1.29 is 4.92 Å². The summed E-state index contributed by atoms with van der Waals surface area (Å²) in [5.74, 6) is 0. The van der Waals surface area contributed by atoms with E-state index in [1.165, 1.54) is 6.07 Å². The van der Waals surface area contributed by atoms with E-state index in [9.17, 15) is 10.1 Å². The SMILES string of the molecule is CN(C)c1ccccc1-c1ccccc1[N+](=O)[O-]. The molecule has 0 heterocycles. The van der Waals surface area contributed by atoms with Crippen LogP contribution in [-0.2, 0) is 0 Å². The first-order valence-electron chi connectivity index (χ1n) is 5.61. The van der Waals surface area contributed by atoms with Gasteiger partial charge in [-0.2, -0.15) is 0 Å². The van der Waals surface area contributed by atoms with Crippen LogP contribution in [0, 0.1) is 10.1 Å². The van der Waals surface area contributed by atoms with Gasteiger partial charge in [-0.3, -0.25) is 10.1 Å². The van der Waals surface area contributed by atoms with Crippen LogP contribution in [0.4, 0.5) is 11.4 Å². The molecule has 0 saturated heterocycles. The smallest absolute Gasteiger partial charge is 0.277 e. The van der Waals surface area contributed by atoms with Gasteiger partial charge >= 0.3 is 0 Å². The molecule has 0 aliphatic heterocycles. The molecule has 2 aromatic rings. The maximum Gasteiger partial charge on any atom is 0.277 e. The average Bonchev–Trinajstić information content (AvgIpc) is 2.38. The Morgan fingerprint density at radius 2 is 1.50 bits per heavy atom. The zero-order valence-electron chi connectivity index (χ0n) is 10.3. The molecule has 0 amide bonds. The molecule has 0 saturated carbocycles. The van der Waals surface area contributed by atoms with E-state index in [0.717, 1.165) is 11.3 Å². The first-order valence-corrected chi connectivity index (χ1v) is 5.61. The third-order valence-electron chi connectivity index (χ3n) is 2.78. The summed E-state index contributed by atoms with van der Waals surface area (Å²) in [6, 6.07) is 14.5. The second-order valence-corrected chi connectivity index (χ2v) is 4.19. The van der Waals surface area contributed by atoms with Crippen molar-refractivity contribution in [3.05, 3.63) is 58.6 Å². The van der Waals surface area contributed by atoms with Crippen LogP contribution in [0.15, 0.2) is 48.5 Å². The number of rotatable bonds is 3. The fourth-order valence-electron chi connectivity index (χ4n) is 1.95. The zero-order valence-corrected chi connectivity index (χ0v) is 10.3. The monoisotopic (exact) mass is 242 g/mol. The van der Waals surface area contributed by atoms with Crippen molar-refractivity contribution in [1.82, 2.24) is 0 Å². The molecular formula is C14H14N2O2. The summed E-state index contributed by atoms with van der Waals surface area (Å²) in [5.41, 5.74) is 2.61. The van der Waals surface area contributed by atoms with Gasteiger partial charge in [0.15, 0.2) is 0 Å². The number of benzene rings is 2. The summed E-state index contributed by atoms with van der Waals surface area (Å²) in [5, 5.41) is 11.1. The van der Waals surface area contributed by atoms with Gasteiger partial charge in [-0.15, -0.1) is 0 Å². The lowest BCUT2D eigenvalue weighted by molar-refractivity contribution is -0.384. The maximum absolute atomic E-state index is 11.1. The molecular weight excluding hydrogens is 228 g/mol. The molecule has 4 nitrogen and oxygen atoms in total. The minimum atomic E-state index is -0.345. The Morgan fingerprint density at radius 3 is 2.11 bits per heavy atom. The molecule has 0 bridgehead atoms. The Balaban J connectivity index is 2.66. The highest BCUT2D eigenvalue weighted by molar-refractivity contribution is 5.83. The molecule has 0 unspecified atom stereocenters. The largest absolute Gasteiger partial charge is 0.377 e. The van der Waals surface area contributed by atoms with E-state index in [1.54, 1.807) is 12.1 Å². The predicted octanol–water partition coefficient (Wildman–Crippen LogP) is 3.33. The normalized spacial score (nSPS) is 10.1. The number of nitro benzene ring substituents is 1. The van der Waals surface area contributed by atoms with Crippen LogP contribution in [0.1, 0.15) is 0 Å². The van der Waals surface area contributed by atoms with Crippen molar-refractivity contribution in [2.24, 2.45) is 0 Å². The Hall–Kier alpha value is -2.36. The number of hydrogen-bond donors (Lipinski definition) is 0. The standard InChI is InChI=1S/C14H14N2O2/c1-15(2)13-9-5-3-7-11(13)12-8-4-6-10-14(12)16(17)18/h3-10H,1-2H3. The van der Waals surface area contributed by atoms with Crippen molar-refractivity contribution in [2.45, 2.75) is 0 Å². The zero-order chi connectivity index (χ0) is 13.1. The van der Waals surface area contributed by atoms with E-state index in [1.807, 2.05) is 49.3 Å². The van der Waals surface area contributed by atoms with Crippen molar-refractivity contribution >= 4 is 11.4 Å². The summed E-state index contributed by atoms with van der Waals surface area (Å²) < 4.78 is 0. The van der Waals surface area contributed by atoms with E-state index >= 15 is 0 Å². The molecule has 18 heavy (non-hydrogen) atoms. The summed E-state index contributed by atoms with van der Waals surface area (Å²) in [4.78, 5) is 12.7. The lowest BCUT2D eigenvalue weighted by Crippen LogP contribution is -2.10. The fourth-order valence-corrected chi connectivity index (χ4v) is 1.95. The first kappa shape index (κ1) is 12.1. The minimum Gasteiger partial charge on any atom is -0.377 e. The molecule has 92 valence electrons. The van der Waals surface area contributed by atoms with E-state index in [0.29, 0.717) is 5.56 Å². The van der Waals surface area contributed by atoms with Crippen LogP contribution in [0.3, 0.4) is 0 Å². The number of nitrogens with zero attached hydrogens (tertiary/aromatic N) is 2. The van der Waals surface area contributed by atoms with Gasteiger partial charge in [0, 0.05) is 31.4 Å². The number of hydrogen-bond acceptors (Lipinski definition) is 3. The molecule has 0 atom stereocenters. The Bertz CT molecular complexity index is 580. The van der Waals surface area contributed by atoms with Gasteiger partial charge in [0.25, 0.3) is 5.69 Å². The van der Waals surface area contributed by atoms with Gasteiger partial charge < -0.3 is 4.90 Å². The number of nitro groups is 1. The molecule has 0 aliphatic rings. The van der Waals surface area contributed by atoms with Crippen molar-refractivity contribution in [3.63, 3.8) is 0 Å². The maximum atomic E-state index is 11.1. The highest BCUT2D eigenvalue weighted by atomic mass is 16.6. The number of para-hydroxylation sites is 2. The molecule has 0 aromatic heterocycles. The molecule has 0 radical (unpaired) electrons. The summed E-state index contributed by atoms with van der Waals surface area (Å²) in [7, 11) is 3.85. The molecule has 2 aromatic carbocycles. The van der Waals surface area contributed by atoms with Crippen LogP contribution < -0.4 is 4.90 Å². The van der Waals surface area contributed by atoms with Gasteiger partial charge in [0.05, 0.1) is 10.5 Å². The van der Waals surface area contributed by atoms with Crippen molar-refractivity contribution in [2.75, 3.05) is 19.0 Å². The Morgan fingerprint density at radius 1 is 0.944 bits per heavy atom. The molecule has 4 heteroatoms. The Labute approximate surface area is 106 Å². The number of anilines is 1. The molecule has 2 rings (SSSR count). The second-order valence-electron chi connectivity index (χ2n) is 4.19. The average molecular weight is 242 g/mol. The highest BCUT2D eigenvalue weighted by Gasteiger charge is 2.16. The van der Waals surface area contributed by atoms with Crippen LogP contribution in [0.5, 0.6) is 0 Å². The summed E-state index contributed by atoms with van der Waals surface area (Å²) in [6.45, 7) is 0. The van der Waals surface area contributed by atoms with Crippen molar-refractivity contribution in [3.8, 4) is 11.1 Å². The third-order valence-corrected chi connectivity index (χ3v) is 2.78. The van der Waals surface area contributed by atoms with Gasteiger partial charge in [0.2, 0.25) is 0 Å². The lowest BCUT2D eigenvalue weighted by Gasteiger charge is -2.17. The van der Waals surface area contributed by atoms with Gasteiger partial charge in [-0.05, 0) is 12.1 Å². The van der Waals surface area contributed by atoms with Gasteiger partial charge in [-0.1, -0.05) is 30.3 Å². The van der Waals surface area contributed by atoms with Crippen LogP contribution >= 0.6 is 0 Å². The lowest BCUT2D eigenvalue weighted by atomic mass is 10.0. The topological polar surface area (TPSA) is 46.4 Å². The van der Waals surface area contributed by atoms with E-state index in [2.05, 4.69) is 0 Å². The predicted molar refractivity (Wildman–Crippen MR) is 72.9 cm³/mol. The molecule has 0 aliphatic carbocycles. The third kappa shape index (κ3) is 2.18. The Kier molecular flexibility index (Phi) is 3.28. The highest BCUT2D eigenvalue weighted by Crippen LogP contribution is 2.35. The summed E-state index contributed by atoms with van der Waals surface area (Å²) in [6.07, 6.45) is 0. The second kappa shape index (κ2) is 4.87. The summed E-state index contributed by atoms with van der Waals surface area (Å²) >= 11 is 0. The quantitative estimate of drug-likeness (QED) is 0.612. The van der Waals surface area contributed by atoms with E-state index in [4.69, 9.17) is 0 Å². The van der Waals surface area contributed by atoms with Crippen LogP contribution in [0.2, 0.25) is 0 Å². The van der Waals surface area contributed by atoms with E-state index in [-0.39, 0.29) is 10.6 Å². The van der Waals surface area contributed by atoms with Crippen LogP contribution in [0.25, 0.3) is 11.1 Å². The molecule has 0 N–H and O–H groups in total. The van der Waals surface area contributed by atoms with Gasteiger partial charge in [0.1, 0.15) is 0 Å². The molecule has 0 fully saturated rings. The first-order chi connectivity index (χ1) is 8.61. The van der Waals surface area contributed by atoms with Gasteiger partial charge in [-0.25, -0.2) is 0 Å².